The van der Waals surface area contributed by atoms with Gasteiger partial charge in [-0.2, -0.15) is 5.26 Å². The largest absolute Gasteiger partial charge is 0.376 e. The molecule has 1 aliphatic carbocycles. The van der Waals surface area contributed by atoms with Crippen LogP contribution in [0.2, 0.25) is 0 Å². The first kappa shape index (κ1) is 17.7. The number of nitriles is 1. The maximum atomic E-state index is 9.50. The van der Waals surface area contributed by atoms with Gasteiger partial charge in [0.05, 0.1) is 37.9 Å². The van der Waals surface area contributed by atoms with Gasteiger partial charge in [-0.1, -0.05) is 67.6 Å². The van der Waals surface area contributed by atoms with Crippen molar-refractivity contribution in [2.24, 2.45) is 17.8 Å². The van der Waals surface area contributed by atoms with Gasteiger partial charge < -0.3 is 9.47 Å². The van der Waals surface area contributed by atoms with Gasteiger partial charge in [-0.3, -0.25) is 0 Å². The van der Waals surface area contributed by atoms with Crippen molar-refractivity contribution in [3.63, 3.8) is 0 Å². The number of ether oxygens (including phenoxy) is 2. The van der Waals surface area contributed by atoms with Crippen LogP contribution in [0.15, 0.2) is 60.7 Å². The first-order chi connectivity index (χ1) is 12.3. The third-order valence-corrected chi connectivity index (χ3v) is 5.11. The third-order valence-electron chi connectivity index (χ3n) is 5.11. The van der Waals surface area contributed by atoms with E-state index in [0.29, 0.717) is 31.7 Å². The number of hydrogen-bond donors (Lipinski definition) is 0. The van der Waals surface area contributed by atoms with E-state index in [-0.39, 0.29) is 12.0 Å². The van der Waals surface area contributed by atoms with Crippen LogP contribution in [0.1, 0.15) is 24.5 Å². The lowest BCUT2D eigenvalue weighted by Crippen LogP contribution is -2.25. The van der Waals surface area contributed by atoms with Gasteiger partial charge in [0.2, 0.25) is 0 Å². The Labute approximate surface area is 150 Å². The van der Waals surface area contributed by atoms with E-state index < -0.39 is 0 Å². The summed E-state index contributed by atoms with van der Waals surface area (Å²) in [4.78, 5) is 0. The van der Waals surface area contributed by atoms with Crippen molar-refractivity contribution in [1.82, 2.24) is 0 Å². The Morgan fingerprint density at radius 2 is 1.56 bits per heavy atom. The predicted molar refractivity (Wildman–Crippen MR) is 97.5 cm³/mol. The van der Waals surface area contributed by atoms with Crippen molar-refractivity contribution in [2.45, 2.75) is 32.7 Å². The molecule has 2 aromatic rings. The van der Waals surface area contributed by atoms with Crippen LogP contribution >= 0.6 is 0 Å². The van der Waals surface area contributed by atoms with Crippen LogP contribution in [0.3, 0.4) is 0 Å². The molecule has 130 valence electrons. The van der Waals surface area contributed by atoms with Crippen LogP contribution in [0.25, 0.3) is 0 Å². The highest BCUT2D eigenvalue weighted by atomic mass is 16.5. The minimum Gasteiger partial charge on any atom is -0.376 e. The average Bonchev–Trinajstić information content (AvgIpc) is 2.97. The first-order valence-corrected chi connectivity index (χ1v) is 8.94. The van der Waals surface area contributed by atoms with Gasteiger partial charge in [0.15, 0.2) is 0 Å². The van der Waals surface area contributed by atoms with Crippen molar-refractivity contribution >= 4 is 0 Å². The van der Waals surface area contributed by atoms with E-state index in [1.807, 2.05) is 36.4 Å². The molecule has 4 atom stereocenters. The Balaban J connectivity index is 1.51. The molecule has 0 amide bonds. The molecule has 0 aromatic heterocycles. The molecule has 0 spiro atoms. The summed E-state index contributed by atoms with van der Waals surface area (Å²) in [6.07, 6.45) is 0.835. The zero-order valence-electron chi connectivity index (χ0n) is 14.7. The van der Waals surface area contributed by atoms with Crippen molar-refractivity contribution in [3.05, 3.63) is 71.8 Å². The van der Waals surface area contributed by atoms with Gasteiger partial charge in [0.1, 0.15) is 0 Å². The quantitative estimate of drug-likeness (QED) is 0.743. The van der Waals surface area contributed by atoms with Crippen LogP contribution in [0.4, 0.5) is 0 Å². The minimum atomic E-state index is -0.0518. The van der Waals surface area contributed by atoms with E-state index in [0.717, 1.165) is 12.0 Å². The SMILES string of the molecule is C[C@H]1[C@@H](COCc2ccccc2)C[C@@H](C#N)[C@H]1OCc1ccccc1. The summed E-state index contributed by atoms with van der Waals surface area (Å²) in [7, 11) is 0. The molecule has 0 radical (unpaired) electrons. The van der Waals surface area contributed by atoms with Crippen molar-refractivity contribution in [1.29, 1.82) is 5.26 Å². The molecule has 0 unspecified atom stereocenters. The Morgan fingerprint density at radius 1 is 0.960 bits per heavy atom. The second kappa shape index (κ2) is 8.80. The fourth-order valence-electron chi connectivity index (χ4n) is 3.59. The van der Waals surface area contributed by atoms with Crippen LogP contribution in [-0.4, -0.2) is 12.7 Å². The van der Waals surface area contributed by atoms with Gasteiger partial charge in [0.25, 0.3) is 0 Å². The van der Waals surface area contributed by atoms with Crippen LogP contribution in [0, 0.1) is 29.1 Å². The first-order valence-electron chi connectivity index (χ1n) is 8.94. The molecule has 3 rings (SSSR count). The molecule has 0 N–H and O–H groups in total. The number of hydrogen-bond acceptors (Lipinski definition) is 3. The molecular weight excluding hydrogens is 310 g/mol. The molecule has 0 saturated heterocycles. The van der Waals surface area contributed by atoms with E-state index in [4.69, 9.17) is 9.47 Å². The normalized spacial score (nSPS) is 25.6. The highest BCUT2D eigenvalue weighted by Crippen LogP contribution is 2.39. The zero-order valence-corrected chi connectivity index (χ0v) is 14.7. The highest BCUT2D eigenvalue weighted by Gasteiger charge is 2.41. The van der Waals surface area contributed by atoms with Crippen LogP contribution in [0.5, 0.6) is 0 Å². The molecule has 1 aliphatic rings. The maximum Gasteiger partial charge on any atom is 0.0766 e. The topological polar surface area (TPSA) is 42.2 Å². The zero-order chi connectivity index (χ0) is 17.5. The van der Waals surface area contributed by atoms with E-state index >= 15 is 0 Å². The summed E-state index contributed by atoms with van der Waals surface area (Å²) in [6, 6.07) is 22.8. The van der Waals surface area contributed by atoms with Gasteiger partial charge in [0, 0.05) is 0 Å². The number of benzene rings is 2. The lowest BCUT2D eigenvalue weighted by molar-refractivity contribution is -0.00872. The summed E-state index contributed by atoms with van der Waals surface area (Å²) < 4.78 is 12.0. The van der Waals surface area contributed by atoms with Gasteiger partial charge in [-0.25, -0.2) is 0 Å². The Hall–Kier alpha value is -2.15. The molecule has 1 saturated carbocycles. The number of nitrogens with zero attached hydrogens (tertiary/aromatic N) is 1. The predicted octanol–water partition coefficient (Wildman–Crippen LogP) is 4.58. The van der Waals surface area contributed by atoms with E-state index in [1.54, 1.807) is 0 Å². The van der Waals surface area contributed by atoms with E-state index in [2.05, 4.69) is 37.3 Å². The molecule has 2 aromatic carbocycles. The monoisotopic (exact) mass is 335 g/mol. The van der Waals surface area contributed by atoms with Gasteiger partial charge in [-0.15, -0.1) is 0 Å². The van der Waals surface area contributed by atoms with E-state index in [9.17, 15) is 5.26 Å². The second-order valence-corrected chi connectivity index (χ2v) is 6.85. The van der Waals surface area contributed by atoms with Crippen molar-refractivity contribution in [2.75, 3.05) is 6.61 Å². The van der Waals surface area contributed by atoms with Crippen molar-refractivity contribution < 1.29 is 9.47 Å². The summed E-state index contributed by atoms with van der Waals surface area (Å²) in [5, 5.41) is 9.50. The fraction of sp³-hybridized carbons (Fsp3) is 0.409. The summed E-state index contributed by atoms with van der Waals surface area (Å²) in [5.74, 6) is 0.641. The Bertz CT molecular complexity index is 680. The summed E-state index contributed by atoms with van der Waals surface area (Å²) >= 11 is 0. The smallest absolute Gasteiger partial charge is 0.0766 e. The number of rotatable bonds is 7. The Morgan fingerprint density at radius 3 is 2.16 bits per heavy atom. The average molecular weight is 335 g/mol. The summed E-state index contributed by atoms with van der Waals surface area (Å²) in [6.45, 7) is 4.05. The third kappa shape index (κ3) is 4.69. The van der Waals surface area contributed by atoms with Crippen LogP contribution in [-0.2, 0) is 22.7 Å². The maximum absolute atomic E-state index is 9.50. The highest BCUT2D eigenvalue weighted by molar-refractivity contribution is 5.14. The standard InChI is InChI=1S/C22H25NO2/c1-17-21(16-24-14-18-8-4-2-5-9-18)12-20(13-23)22(17)25-15-19-10-6-3-7-11-19/h2-11,17,20-22H,12,14-16H2,1H3/t17-,20-,21+,22-/m0/s1. The fourth-order valence-corrected chi connectivity index (χ4v) is 3.59. The van der Waals surface area contributed by atoms with Gasteiger partial charge >= 0.3 is 0 Å². The van der Waals surface area contributed by atoms with Gasteiger partial charge in [-0.05, 0) is 29.4 Å². The molecule has 3 nitrogen and oxygen atoms in total. The van der Waals surface area contributed by atoms with Crippen LogP contribution < -0.4 is 0 Å². The summed E-state index contributed by atoms with van der Waals surface area (Å²) in [5.41, 5.74) is 2.33. The molecule has 0 heterocycles. The molecule has 25 heavy (non-hydrogen) atoms. The minimum absolute atomic E-state index is 0.0180. The molecule has 0 aliphatic heterocycles. The lowest BCUT2D eigenvalue weighted by Gasteiger charge is -2.22. The second-order valence-electron chi connectivity index (χ2n) is 6.85. The lowest BCUT2D eigenvalue weighted by atomic mass is 9.97. The molecular formula is C22H25NO2. The molecule has 3 heteroatoms. The van der Waals surface area contributed by atoms with Crippen molar-refractivity contribution in [3.8, 4) is 6.07 Å². The van der Waals surface area contributed by atoms with E-state index in [1.165, 1.54) is 5.56 Å². The molecule has 0 bridgehead atoms. The molecule has 1 fully saturated rings. The Kier molecular flexibility index (Phi) is 6.22.